The lowest BCUT2D eigenvalue weighted by Crippen LogP contribution is -2.26. The maximum Gasteiger partial charge on any atom is 0.390 e. The smallest absolute Gasteiger partial charge is 0.351 e. The van der Waals surface area contributed by atoms with Crippen LogP contribution in [-0.2, 0) is 10.0 Å². The minimum absolute atomic E-state index is 0. The van der Waals surface area contributed by atoms with Crippen molar-refractivity contribution in [2.45, 2.75) is 64.6 Å². The topological polar surface area (TPSA) is 122 Å². The van der Waals surface area contributed by atoms with E-state index in [0.29, 0.717) is 28.8 Å². The zero-order valence-corrected chi connectivity index (χ0v) is 23.5. The van der Waals surface area contributed by atoms with Gasteiger partial charge in [0.15, 0.2) is 0 Å². The summed E-state index contributed by atoms with van der Waals surface area (Å²) in [7, 11) is -0.421. The Morgan fingerprint density at radius 3 is 2.33 bits per heavy atom. The number of halogens is 3. The summed E-state index contributed by atoms with van der Waals surface area (Å²) in [5.41, 5.74) is 3.46. The van der Waals surface area contributed by atoms with Gasteiger partial charge < -0.3 is 10.6 Å². The molecule has 1 saturated carbocycles. The molecule has 1 aliphatic carbocycles. The number of aromatic nitrogens is 4. The highest BCUT2D eigenvalue weighted by Gasteiger charge is 2.30. The summed E-state index contributed by atoms with van der Waals surface area (Å²) in [5.74, 6) is 0.264. The average molecular weight is 572 g/mol. The van der Waals surface area contributed by atoms with Gasteiger partial charge in [0.1, 0.15) is 11.3 Å². The fraction of sp³-hybridized carbons (Fsp3) is 0.538. The van der Waals surface area contributed by atoms with Crippen molar-refractivity contribution in [1.29, 1.82) is 0 Å². The van der Waals surface area contributed by atoms with Gasteiger partial charge in [0.05, 0.1) is 29.6 Å². The molecule has 0 atom stereocenters. The Hall–Kier alpha value is -3.06. The van der Waals surface area contributed by atoms with Crippen LogP contribution in [0, 0.1) is 12.8 Å². The van der Waals surface area contributed by atoms with Gasteiger partial charge in [-0.05, 0) is 76.4 Å². The number of alkyl halides is 3. The monoisotopic (exact) mass is 571 g/mol. The number of aryl methyl sites for hydroxylation is 1. The van der Waals surface area contributed by atoms with Gasteiger partial charge in [0.2, 0.25) is 16.0 Å². The predicted octanol–water partition coefficient (Wildman–Crippen LogP) is 5.80. The van der Waals surface area contributed by atoms with E-state index >= 15 is 0 Å². The zero-order valence-electron chi connectivity index (χ0n) is 22.6. The number of sulfonamides is 1. The number of rotatable bonds is 8. The van der Waals surface area contributed by atoms with E-state index in [1.165, 1.54) is 31.5 Å². The summed E-state index contributed by atoms with van der Waals surface area (Å²) in [6.45, 7) is 4.16. The van der Waals surface area contributed by atoms with Gasteiger partial charge in [-0.25, -0.2) is 28.4 Å². The van der Waals surface area contributed by atoms with Gasteiger partial charge in [-0.15, -0.1) is 0 Å². The van der Waals surface area contributed by atoms with Gasteiger partial charge in [-0.1, -0.05) is 13.3 Å². The summed E-state index contributed by atoms with van der Waals surface area (Å²) >= 11 is 0. The molecule has 0 amide bonds. The van der Waals surface area contributed by atoms with Crippen molar-refractivity contribution < 1.29 is 24.4 Å². The third-order valence-corrected chi connectivity index (χ3v) is 7.73. The minimum atomic E-state index is -4.56. The molecule has 3 aromatic rings. The number of hydrogen-bond acceptors (Lipinski definition) is 8. The molecular formula is C26H40F3N7O2S. The van der Waals surface area contributed by atoms with Crippen LogP contribution in [0.3, 0.4) is 0 Å². The highest BCUT2D eigenvalue weighted by molar-refractivity contribution is 7.92. The summed E-state index contributed by atoms with van der Waals surface area (Å²) in [6, 6.07) is 5.22. The minimum Gasteiger partial charge on any atom is -0.351 e. The van der Waals surface area contributed by atoms with Crippen molar-refractivity contribution in [1.82, 2.24) is 25.3 Å². The molecule has 39 heavy (non-hydrogen) atoms. The molecule has 3 heterocycles. The van der Waals surface area contributed by atoms with Gasteiger partial charge in [-0.3, -0.25) is 4.72 Å². The molecule has 218 valence electrons. The number of nitrogens with zero attached hydrogens (tertiary/aromatic N) is 4. The Kier molecular flexibility index (Phi) is 10.4. The number of nitrogens with one attached hydrogen (secondary N) is 3. The Balaban J connectivity index is 0.00000161. The molecule has 3 N–H and O–H groups in total. The van der Waals surface area contributed by atoms with Crippen LogP contribution in [0.5, 0.6) is 0 Å². The van der Waals surface area contributed by atoms with Crippen LogP contribution in [0.4, 0.5) is 24.9 Å². The van der Waals surface area contributed by atoms with E-state index in [4.69, 9.17) is 0 Å². The van der Waals surface area contributed by atoms with Crippen LogP contribution in [-0.4, -0.2) is 60.4 Å². The molecule has 0 saturated heterocycles. The molecule has 4 rings (SSSR count). The molecule has 1 fully saturated rings. The highest BCUT2D eigenvalue weighted by atomic mass is 32.2. The van der Waals surface area contributed by atoms with E-state index in [1.807, 2.05) is 27.1 Å². The Labute approximate surface area is 230 Å². The highest BCUT2D eigenvalue weighted by Crippen LogP contribution is 2.29. The van der Waals surface area contributed by atoms with Gasteiger partial charge in [-0.2, -0.15) is 13.2 Å². The second kappa shape index (κ2) is 13.3. The normalized spacial score (nSPS) is 17.8. The van der Waals surface area contributed by atoms with E-state index in [1.54, 1.807) is 12.3 Å². The maximum atomic E-state index is 12.3. The van der Waals surface area contributed by atoms with E-state index in [-0.39, 0.29) is 8.67 Å². The standard InChI is InChI=1S/C24H29F3N6O2S.C2H7N.2H2/c1-3-16-4-7-18(8-5-16)30-23-29-14-20-22(32-23)15(2)12-19(31-20)17-6-9-21(28-13-17)33-36(34,35)11-10-24(25,26)27;1-3-2;;/h6,9,12-14,16,18H,3-5,7-8,10-11H2,1-2H3,(H,28,33)(H,29,30,32);3H,1-2H3;2*1H. The van der Waals surface area contributed by atoms with E-state index in [9.17, 15) is 21.6 Å². The fourth-order valence-corrected chi connectivity index (χ4v) is 5.41. The first kappa shape index (κ1) is 30.5. The molecule has 0 aromatic carbocycles. The van der Waals surface area contributed by atoms with Crippen molar-refractivity contribution in [3.63, 3.8) is 0 Å². The molecule has 9 nitrogen and oxygen atoms in total. The lowest BCUT2D eigenvalue weighted by Gasteiger charge is -2.28. The summed E-state index contributed by atoms with van der Waals surface area (Å²) < 4.78 is 62.9. The third-order valence-electron chi connectivity index (χ3n) is 6.47. The third kappa shape index (κ3) is 9.27. The summed E-state index contributed by atoms with van der Waals surface area (Å²) in [5, 5.41) is 6.20. The van der Waals surface area contributed by atoms with Crippen LogP contribution in [0.1, 0.15) is 53.9 Å². The van der Waals surface area contributed by atoms with Gasteiger partial charge >= 0.3 is 6.18 Å². The summed E-state index contributed by atoms with van der Waals surface area (Å²) in [4.78, 5) is 17.8. The van der Waals surface area contributed by atoms with E-state index in [0.717, 1.165) is 29.8 Å². The van der Waals surface area contributed by atoms with Gasteiger partial charge in [0.25, 0.3) is 0 Å². The lowest BCUT2D eigenvalue weighted by atomic mass is 9.85. The predicted molar refractivity (Wildman–Crippen MR) is 152 cm³/mol. The van der Waals surface area contributed by atoms with E-state index in [2.05, 4.69) is 42.2 Å². The lowest BCUT2D eigenvalue weighted by molar-refractivity contribution is -0.129. The second-order valence-corrected chi connectivity index (χ2v) is 11.6. The average Bonchev–Trinajstić information content (AvgIpc) is 2.89. The quantitative estimate of drug-likeness (QED) is 0.310. The van der Waals surface area contributed by atoms with Crippen molar-refractivity contribution >= 4 is 32.8 Å². The molecule has 0 spiro atoms. The first-order valence-corrected chi connectivity index (χ1v) is 14.6. The van der Waals surface area contributed by atoms with Crippen molar-refractivity contribution in [3.8, 4) is 11.3 Å². The van der Waals surface area contributed by atoms with Crippen LogP contribution >= 0.6 is 0 Å². The first-order chi connectivity index (χ1) is 18.4. The SMILES string of the molecule is CCC1CCC(Nc2ncc3nc(-c4ccc(NS(=O)(=O)CCC(F)(F)F)nc4)cc(C)c3n2)CC1.CNC.[HH].[HH]. The molecule has 0 bridgehead atoms. The number of hydrogen-bond donors (Lipinski definition) is 3. The van der Waals surface area contributed by atoms with Crippen LogP contribution in [0.25, 0.3) is 22.3 Å². The van der Waals surface area contributed by atoms with Crippen molar-refractivity contribution in [2.24, 2.45) is 5.92 Å². The molecule has 3 aromatic heterocycles. The molecule has 13 heteroatoms. The largest absolute Gasteiger partial charge is 0.390 e. The molecular weight excluding hydrogens is 531 g/mol. The Morgan fingerprint density at radius 1 is 1.05 bits per heavy atom. The van der Waals surface area contributed by atoms with Gasteiger partial charge in [0, 0.05) is 20.7 Å². The molecule has 0 unspecified atom stereocenters. The van der Waals surface area contributed by atoms with Crippen LogP contribution in [0.15, 0.2) is 30.6 Å². The number of fused-ring (bicyclic) bond motifs is 1. The second-order valence-electron chi connectivity index (χ2n) is 9.74. The van der Waals surface area contributed by atoms with Crippen LogP contribution in [0.2, 0.25) is 0 Å². The Bertz CT molecular complexity index is 1340. The van der Waals surface area contributed by atoms with Crippen molar-refractivity contribution in [2.75, 3.05) is 29.9 Å². The Morgan fingerprint density at radius 2 is 1.74 bits per heavy atom. The number of pyridine rings is 2. The first-order valence-electron chi connectivity index (χ1n) is 13.0. The summed E-state index contributed by atoms with van der Waals surface area (Å²) in [6.07, 6.45) is 2.98. The number of anilines is 2. The molecule has 0 aliphatic heterocycles. The zero-order chi connectivity index (χ0) is 28.6. The van der Waals surface area contributed by atoms with Crippen LogP contribution < -0.4 is 15.4 Å². The molecule has 0 radical (unpaired) electrons. The van der Waals surface area contributed by atoms with Crippen molar-refractivity contribution in [3.05, 3.63) is 36.2 Å². The maximum absolute atomic E-state index is 12.3. The van der Waals surface area contributed by atoms with E-state index < -0.39 is 28.4 Å². The fourth-order valence-electron chi connectivity index (χ4n) is 4.36. The molecule has 1 aliphatic rings.